The second kappa shape index (κ2) is 8.53. The van der Waals surface area contributed by atoms with Crippen molar-refractivity contribution >= 4 is 11.6 Å². The summed E-state index contributed by atoms with van der Waals surface area (Å²) in [4.78, 5) is 12.3. The van der Waals surface area contributed by atoms with Gasteiger partial charge in [-0.05, 0) is 73.4 Å². The summed E-state index contributed by atoms with van der Waals surface area (Å²) in [6, 6.07) is 17.5. The van der Waals surface area contributed by atoms with Crippen LogP contribution in [0.15, 0.2) is 48.5 Å². The lowest BCUT2D eigenvalue weighted by molar-refractivity contribution is -0.117. The number of ether oxygens (including phenoxy) is 1. The molecule has 4 nitrogen and oxygen atoms in total. The maximum atomic E-state index is 12.3. The Kier molecular flexibility index (Phi) is 5.91. The molecule has 0 radical (unpaired) electrons. The number of nitrogens with one attached hydrogen (secondary N) is 1. The first-order chi connectivity index (χ1) is 12.7. The first kappa shape index (κ1) is 18.0. The lowest BCUT2D eigenvalue weighted by Gasteiger charge is -2.28. The first-order valence-electron chi connectivity index (χ1n) is 9.12. The van der Waals surface area contributed by atoms with Crippen molar-refractivity contribution in [2.24, 2.45) is 5.92 Å². The molecular weight excluding hydrogens is 324 g/mol. The molecule has 26 heavy (non-hydrogen) atoms. The van der Waals surface area contributed by atoms with Gasteiger partial charge in [0.25, 0.3) is 0 Å². The third-order valence-electron chi connectivity index (χ3n) is 5.18. The summed E-state index contributed by atoms with van der Waals surface area (Å²) in [5, 5.41) is 11.9. The monoisotopic (exact) mass is 348 g/mol. The van der Waals surface area contributed by atoms with Gasteiger partial charge in [0.15, 0.2) is 0 Å². The van der Waals surface area contributed by atoms with Gasteiger partial charge in [-0.2, -0.15) is 5.26 Å². The van der Waals surface area contributed by atoms with Crippen LogP contribution in [0.3, 0.4) is 0 Å². The van der Waals surface area contributed by atoms with E-state index in [0.29, 0.717) is 29.5 Å². The van der Waals surface area contributed by atoms with Crippen molar-refractivity contribution in [2.75, 3.05) is 12.4 Å². The molecule has 1 N–H and O–H groups in total. The highest BCUT2D eigenvalue weighted by atomic mass is 16.5. The Bertz CT molecular complexity index is 785. The smallest absolute Gasteiger partial charge is 0.224 e. The molecule has 2 aromatic rings. The van der Waals surface area contributed by atoms with Gasteiger partial charge in [-0.1, -0.05) is 18.2 Å². The van der Waals surface area contributed by atoms with Gasteiger partial charge in [-0.3, -0.25) is 4.79 Å². The molecule has 0 aliphatic heterocycles. The van der Waals surface area contributed by atoms with Gasteiger partial charge in [0.2, 0.25) is 5.91 Å². The largest absolute Gasteiger partial charge is 0.497 e. The maximum absolute atomic E-state index is 12.3. The van der Waals surface area contributed by atoms with Crippen molar-refractivity contribution in [2.45, 2.75) is 38.0 Å². The molecule has 3 rings (SSSR count). The molecule has 0 bridgehead atoms. The van der Waals surface area contributed by atoms with Crippen LogP contribution in [-0.2, 0) is 4.79 Å². The van der Waals surface area contributed by atoms with Crippen LogP contribution >= 0.6 is 0 Å². The van der Waals surface area contributed by atoms with Gasteiger partial charge in [-0.25, -0.2) is 0 Å². The number of amides is 1. The van der Waals surface area contributed by atoms with Crippen molar-refractivity contribution in [1.82, 2.24) is 0 Å². The second-order valence-electron chi connectivity index (χ2n) is 6.94. The summed E-state index contributed by atoms with van der Waals surface area (Å²) in [5.74, 6) is 1.93. The van der Waals surface area contributed by atoms with Gasteiger partial charge in [-0.15, -0.1) is 0 Å². The molecule has 2 aromatic carbocycles. The highest BCUT2D eigenvalue weighted by Crippen LogP contribution is 2.37. The number of rotatable bonds is 5. The van der Waals surface area contributed by atoms with Crippen LogP contribution in [0.4, 0.5) is 5.69 Å². The molecule has 0 unspecified atom stereocenters. The zero-order valence-corrected chi connectivity index (χ0v) is 15.1. The Morgan fingerprint density at radius 3 is 2.54 bits per heavy atom. The molecular formula is C22H24N2O2. The molecule has 1 aliphatic rings. The van der Waals surface area contributed by atoms with E-state index in [1.807, 2.05) is 18.2 Å². The third-order valence-corrected chi connectivity index (χ3v) is 5.18. The van der Waals surface area contributed by atoms with E-state index < -0.39 is 0 Å². The molecule has 134 valence electrons. The van der Waals surface area contributed by atoms with Gasteiger partial charge in [0, 0.05) is 12.1 Å². The third kappa shape index (κ3) is 4.64. The highest BCUT2D eigenvalue weighted by molar-refractivity contribution is 5.91. The number of methoxy groups -OCH3 is 1. The minimum absolute atomic E-state index is 0.0352. The normalized spacial score (nSPS) is 19.4. The van der Waals surface area contributed by atoms with Gasteiger partial charge in [0.05, 0.1) is 18.7 Å². The fraction of sp³-hybridized carbons (Fsp3) is 0.364. The van der Waals surface area contributed by atoms with Crippen LogP contribution in [-0.4, -0.2) is 13.0 Å². The fourth-order valence-electron chi connectivity index (χ4n) is 3.72. The molecule has 0 saturated heterocycles. The standard InChI is InChI=1S/C22H24N2O2/c1-26-21-11-9-19(10-12-21)18-7-5-16(6-8-18)14-22(25)24-20-4-2-3-17(13-20)15-23/h2-4,9-13,16,18H,5-8,14H2,1H3,(H,24,25)/t16-,18-. The quantitative estimate of drug-likeness (QED) is 0.838. The number of nitriles is 1. The zero-order valence-electron chi connectivity index (χ0n) is 15.1. The molecule has 1 amide bonds. The number of hydrogen-bond donors (Lipinski definition) is 1. The zero-order chi connectivity index (χ0) is 18.4. The Morgan fingerprint density at radius 2 is 1.88 bits per heavy atom. The number of anilines is 1. The van der Waals surface area contributed by atoms with Crippen LogP contribution in [0.5, 0.6) is 5.75 Å². The predicted molar refractivity (Wildman–Crippen MR) is 102 cm³/mol. The van der Waals surface area contributed by atoms with Crippen LogP contribution in [0.2, 0.25) is 0 Å². The number of hydrogen-bond acceptors (Lipinski definition) is 3. The van der Waals surface area contributed by atoms with Crippen molar-refractivity contribution in [3.8, 4) is 11.8 Å². The summed E-state index contributed by atoms with van der Waals surface area (Å²) in [6.07, 6.45) is 4.93. The molecule has 0 spiro atoms. The molecule has 0 heterocycles. The van der Waals surface area contributed by atoms with Crippen molar-refractivity contribution in [3.63, 3.8) is 0 Å². The van der Waals surface area contributed by atoms with E-state index in [1.54, 1.807) is 25.3 Å². The van der Waals surface area contributed by atoms with E-state index in [1.165, 1.54) is 5.56 Å². The van der Waals surface area contributed by atoms with Crippen molar-refractivity contribution in [3.05, 3.63) is 59.7 Å². The van der Waals surface area contributed by atoms with E-state index in [0.717, 1.165) is 31.4 Å². The number of nitrogens with zero attached hydrogens (tertiary/aromatic N) is 1. The highest BCUT2D eigenvalue weighted by Gasteiger charge is 2.24. The van der Waals surface area contributed by atoms with Gasteiger partial charge in [0.1, 0.15) is 5.75 Å². The van der Waals surface area contributed by atoms with Gasteiger partial charge >= 0.3 is 0 Å². The first-order valence-corrected chi connectivity index (χ1v) is 9.12. The molecule has 4 heteroatoms. The Balaban J connectivity index is 1.48. The summed E-state index contributed by atoms with van der Waals surface area (Å²) in [6.45, 7) is 0. The summed E-state index contributed by atoms with van der Waals surface area (Å²) in [5.41, 5.74) is 2.62. The van der Waals surface area contributed by atoms with E-state index in [-0.39, 0.29) is 5.91 Å². The molecule has 1 fully saturated rings. The Labute approximate surface area is 154 Å². The number of carbonyl (C=O) groups is 1. The van der Waals surface area contributed by atoms with Crippen LogP contribution in [0.25, 0.3) is 0 Å². The topological polar surface area (TPSA) is 62.1 Å². The summed E-state index contributed by atoms with van der Waals surface area (Å²) >= 11 is 0. The summed E-state index contributed by atoms with van der Waals surface area (Å²) in [7, 11) is 1.68. The molecule has 1 saturated carbocycles. The molecule has 0 atom stereocenters. The average Bonchev–Trinajstić information content (AvgIpc) is 2.69. The maximum Gasteiger partial charge on any atom is 0.224 e. The average molecular weight is 348 g/mol. The number of benzene rings is 2. The van der Waals surface area contributed by atoms with Gasteiger partial charge < -0.3 is 10.1 Å². The van der Waals surface area contributed by atoms with Crippen LogP contribution in [0, 0.1) is 17.2 Å². The predicted octanol–water partition coefficient (Wildman–Crippen LogP) is 4.87. The van der Waals surface area contributed by atoms with E-state index >= 15 is 0 Å². The Morgan fingerprint density at radius 1 is 1.15 bits per heavy atom. The van der Waals surface area contributed by atoms with Crippen LogP contribution < -0.4 is 10.1 Å². The van der Waals surface area contributed by atoms with E-state index in [4.69, 9.17) is 10.00 Å². The fourth-order valence-corrected chi connectivity index (χ4v) is 3.72. The Hall–Kier alpha value is -2.80. The minimum atomic E-state index is 0.0352. The lowest BCUT2D eigenvalue weighted by Crippen LogP contribution is -2.20. The van der Waals surface area contributed by atoms with Crippen molar-refractivity contribution in [1.29, 1.82) is 5.26 Å². The lowest BCUT2D eigenvalue weighted by atomic mass is 9.77. The van der Waals surface area contributed by atoms with Crippen molar-refractivity contribution < 1.29 is 9.53 Å². The SMILES string of the molecule is COc1ccc([C@H]2CC[C@H](CC(=O)Nc3cccc(C#N)c3)CC2)cc1. The van der Waals surface area contributed by atoms with E-state index in [9.17, 15) is 4.79 Å². The summed E-state index contributed by atoms with van der Waals surface area (Å²) < 4.78 is 5.22. The van der Waals surface area contributed by atoms with E-state index in [2.05, 4.69) is 23.5 Å². The minimum Gasteiger partial charge on any atom is -0.497 e. The van der Waals surface area contributed by atoms with Crippen LogP contribution in [0.1, 0.15) is 49.1 Å². The second-order valence-corrected chi connectivity index (χ2v) is 6.94. The molecule has 0 aromatic heterocycles. The number of carbonyl (C=O) groups excluding carboxylic acids is 1. The molecule has 1 aliphatic carbocycles.